The Morgan fingerprint density at radius 1 is 1.24 bits per heavy atom. The van der Waals surface area contributed by atoms with Crippen LogP contribution in [0.1, 0.15) is 36.5 Å². The van der Waals surface area contributed by atoms with Crippen LogP contribution in [-0.4, -0.2) is 12.3 Å². The molecule has 2 aliphatic rings. The van der Waals surface area contributed by atoms with E-state index in [9.17, 15) is 0 Å². The molecule has 2 N–H and O–H groups in total. The van der Waals surface area contributed by atoms with Gasteiger partial charge in [-0.25, -0.2) is 0 Å². The van der Waals surface area contributed by atoms with Gasteiger partial charge in [0, 0.05) is 5.92 Å². The number of hydrogen-bond acceptors (Lipinski definition) is 4. The molecule has 1 heterocycles. The molecular weight excluding hydrogens is 264 g/mol. The van der Waals surface area contributed by atoms with E-state index in [0.29, 0.717) is 11.7 Å². The lowest BCUT2D eigenvalue weighted by atomic mass is 9.93. The van der Waals surface area contributed by atoms with E-state index in [1.54, 1.807) is 7.11 Å². The van der Waals surface area contributed by atoms with Gasteiger partial charge >= 0.3 is 0 Å². The van der Waals surface area contributed by atoms with Crippen LogP contribution in [0.4, 0.5) is 5.82 Å². The molecule has 2 fully saturated rings. The third-order valence-electron chi connectivity index (χ3n) is 5.06. The second-order valence-electron chi connectivity index (χ2n) is 6.42. The van der Waals surface area contributed by atoms with Crippen LogP contribution in [0, 0.1) is 18.8 Å². The Bertz CT molecular complexity index is 682. The minimum absolute atomic E-state index is 0.473. The molecule has 2 aromatic rings. The van der Waals surface area contributed by atoms with E-state index in [1.165, 1.54) is 19.3 Å². The molecule has 0 radical (unpaired) electrons. The van der Waals surface area contributed by atoms with Gasteiger partial charge in [-0.15, -0.1) is 0 Å². The minimum atomic E-state index is 0.473. The van der Waals surface area contributed by atoms with Gasteiger partial charge in [-0.3, -0.25) is 0 Å². The highest BCUT2D eigenvalue weighted by molar-refractivity contribution is 5.77. The number of aryl methyl sites for hydroxylation is 1. The van der Waals surface area contributed by atoms with Gasteiger partial charge in [0.15, 0.2) is 5.82 Å². The third kappa shape index (κ3) is 2.01. The van der Waals surface area contributed by atoms with E-state index in [4.69, 9.17) is 15.0 Å². The van der Waals surface area contributed by atoms with Crippen LogP contribution in [0.3, 0.4) is 0 Å². The zero-order chi connectivity index (χ0) is 14.6. The van der Waals surface area contributed by atoms with Crippen molar-refractivity contribution in [3.05, 3.63) is 29.5 Å². The van der Waals surface area contributed by atoms with Gasteiger partial charge in [-0.2, -0.15) is 0 Å². The van der Waals surface area contributed by atoms with E-state index in [0.717, 1.165) is 40.0 Å². The zero-order valence-corrected chi connectivity index (χ0v) is 12.4. The van der Waals surface area contributed by atoms with Crippen molar-refractivity contribution in [2.45, 2.75) is 32.1 Å². The molecule has 2 atom stereocenters. The monoisotopic (exact) mass is 284 g/mol. The molecule has 2 saturated carbocycles. The van der Waals surface area contributed by atoms with Crippen molar-refractivity contribution in [3.63, 3.8) is 0 Å². The molecule has 0 aliphatic heterocycles. The maximum Gasteiger partial charge on any atom is 0.175 e. The summed E-state index contributed by atoms with van der Waals surface area (Å²) in [6.07, 6.45) is 3.83. The fourth-order valence-electron chi connectivity index (χ4n) is 3.79. The largest absolute Gasteiger partial charge is 0.496 e. The SMILES string of the molecule is COc1cc(-c2c(N)noc2C2CC3CC3C2)ccc1C. The lowest BCUT2D eigenvalue weighted by Gasteiger charge is -2.12. The molecule has 4 heteroatoms. The Morgan fingerprint density at radius 2 is 2.00 bits per heavy atom. The predicted molar refractivity (Wildman–Crippen MR) is 81.2 cm³/mol. The molecule has 4 rings (SSSR count). The number of benzene rings is 1. The van der Waals surface area contributed by atoms with Gasteiger partial charge < -0.3 is 15.0 Å². The number of rotatable bonds is 3. The molecular formula is C17H20N2O2. The van der Waals surface area contributed by atoms with Gasteiger partial charge in [-0.05, 0) is 55.2 Å². The van der Waals surface area contributed by atoms with Crippen LogP contribution >= 0.6 is 0 Å². The molecule has 1 aromatic carbocycles. The number of hydrogen-bond donors (Lipinski definition) is 1. The van der Waals surface area contributed by atoms with Crippen molar-refractivity contribution in [1.82, 2.24) is 5.16 Å². The van der Waals surface area contributed by atoms with Gasteiger partial charge in [0.25, 0.3) is 0 Å². The second kappa shape index (κ2) is 4.52. The van der Waals surface area contributed by atoms with Crippen molar-refractivity contribution in [1.29, 1.82) is 0 Å². The summed E-state index contributed by atoms with van der Waals surface area (Å²) in [5.74, 6) is 4.60. The van der Waals surface area contributed by atoms with Crippen LogP contribution in [0.2, 0.25) is 0 Å². The van der Waals surface area contributed by atoms with Crippen LogP contribution in [-0.2, 0) is 0 Å². The van der Waals surface area contributed by atoms with Crippen molar-refractivity contribution in [3.8, 4) is 16.9 Å². The highest BCUT2D eigenvalue weighted by Crippen LogP contribution is 2.58. The summed E-state index contributed by atoms with van der Waals surface area (Å²) in [6.45, 7) is 2.03. The molecule has 2 aliphatic carbocycles. The third-order valence-corrected chi connectivity index (χ3v) is 5.06. The normalized spacial score (nSPS) is 26.7. The first-order valence-electron chi connectivity index (χ1n) is 7.57. The molecule has 110 valence electrons. The molecule has 0 amide bonds. The Kier molecular flexibility index (Phi) is 2.74. The van der Waals surface area contributed by atoms with Crippen LogP contribution in [0.25, 0.3) is 11.1 Å². The molecule has 0 saturated heterocycles. The van der Waals surface area contributed by atoms with E-state index < -0.39 is 0 Å². The maximum absolute atomic E-state index is 6.07. The van der Waals surface area contributed by atoms with E-state index in [-0.39, 0.29) is 0 Å². The number of nitrogen functional groups attached to an aromatic ring is 1. The first-order chi connectivity index (χ1) is 10.2. The average molecular weight is 284 g/mol. The summed E-state index contributed by atoms with van der Waals surface area (Å²) >= 11 is 0. The molecule has 0 bridgehead atoms. The van der Waals surface area contributed by atoms with Crippen molar-refractivity contribution in [2.75, 3.05) is 12.8 Å². The molecule has 21 heavy (non-hydrogen) atoms. The Balaban J connectivity index is 1.75. The number of anilines is 1. The number of methoxy groups -OCH3 is 1. The summed E-state index contributed by atoms with van der Waals surface area (Å²) in [5, 5.41) is 4.02. The quantitative estimate of drug-likeness (QED) is 0.932. The lowest BCUT2D eigenvalue weighted by molar-refractivity contribution is 0.356. The van der Waals surface area contributed by atoms with Gasteiger partial charge in [0.2, 0.25) is 0 Å². The van der Waals surface area contributed by atoms with E-state index in [1.807, 2.05) is 13.0 Å². The van der Waals surface area contributed by atoms with Gasteiger partial charge in [0.1, 0.15) is 11.5 Å². The van der Waals surface area contributed by atoms with Crippen molar-refractivity contribution < 1.29 is 9.26 Å². The Labute approximate surface area is 124 Å². The lowest BCUT2D eigenvalue weighted by Crippen LogP contribution is -1.98. The number of aromatic nitrogens is 1. The Morgan fingerprint density at radius 3 is 2.71 bits per heavy atom. The number of fused-ring (bicyclic) bond motifs is 1. The van der Waals surface area contributed by atoms with Crippen molar-refractivity contribution >= 4 is 5.82 Å². The highest BCUT2D eigenvalue weighted by Gasteiger charge is 2.48. The zero-order valence-electron chi connectivity index (χ0n) is 12.4. The fraction of sp³-hybridized carbons (Fsp3) is 0.471. The summed E-state index contributed by atoms with van der Waals surface area (Å²) < 4.78 is 11.0. The summed E-state index contributed by atoms with van der Waals surface area (Å²) in [6, 6.07) is 6.15. The summed E-state index contributed by atoms with van der Waals surface area (Å²) in [5.41, 5.74) is 9.17. The molecule has 0 spiro atoms. The molecule has 1 aromatic heterocycles. The maximum atomic E-state index is 6.07. The topological polar surface area (TPSA) is 61.3 Å². The first-order valence-corrected chi connectivity index (χ1v) is 7.57. The minimum Gasteiger partial charge on any atom is -0.496 e. The predicted octanol–water partition coefficient (Wildman–Crippen LogP) is 3.75. The smallest absolute Gasteiger partial charge is 0.175 e. The van der Waals surface area contributed by atoms with Gasteiger partial charge in [-0.1, -0.05) is 17.3 Å². The fourth-order valence-corrected chi connectivity index (χ4v) is 3.79. The van der Waals surface area contributed by atoms with Crippen LogP contribution in [0.15, 0.2) is 22.7 Å². The van der Waals surface area contributed by atoms with Crippen LogP contribution < -0.4 is 10.5 Å². The summed E-state index contributed by atoms with van der Waals surface area (Å²) in [4.78, 5) is 0. The average Bonchev–Trinajstić information content (AvgIpc) is 2.92. The molecule has 4 nitrogen and oxygen atoms in total. The second-order valence-corrected chi connectivity index (χ2v) is 6.42. The molecule has 2 unspecified atom stereocenters. The van der Waals surface area contributed by atoms with Crippen LogP contribution in [0.5, 0.6) is 5.75 Å². The standard InChI is InChI=1S/C17H20N2O2/c1-9-3-4-10(8-14(9)20-2)15-16(21-19-17(15)18)13-6-11-5-12(11)7-13/h3-4,8,11-13H,5-7H2,1-2H3,(H2,18,19). The van der Waals surface area contributed by atoms with E-state index in [2.05, 4.69) is 17.3 Å². The van der Waals surface area contributed by atoms with E-state index >= 15 is 0 Å². The number of nitrogens with two attached hydrogens (primary N) is 1. The first kappa shape index (κ1) is 12.7. The number of nitrogens with zero attached hydrogens (tertiary/aromatic N) is 1. The number of ether oxygens (including phenoxy) is 1. The highest BCUT2D eigenvalue weighted by atomic mass is 16.5. The van der Waals surface area contributed by atoms with Crippen molar-refractivity contribution in [2.24, 2.45) is 11.8 Å². The van der Waals surface area contributed by atoms with Gasteiger partial charge in [0.05, 0.1) is 12.7 Å². The Hall–Kier alpha value is -1.97. The summed E-state index contributed by atoms with van der Waals surface area (Å²) in [7, 11) is 1.69.